The molecule has 60 valence electrons. The zero-order valence-electron chi connectivity index (χ0n) is 6.60. The second-order valence-corrected chi connectivity index (χ2v) is 2.07. The van der Waals surface area contributed by atoms with Crippen LogP contribution < -0.4 is 0 Å². The predicted octanol–water partition coefficient (Wildman–Crippen LogP) is 3.12. The highest BCUT2D eigenvalue weighted by Gasteiger charge is 2.21. The SMILES string of the molecule is CCC(CC)(N=[N+]=[N-])N=[N+]=[N-]. The molecule has 0 bridgehead atoms. The smallest absolute Gasteiger partial charge is 0.0813 e. The molecule has 0 saturated heterocycles. The first kappa shape index (κ1) is 9.62. The van der Waals surface area contributed by atoms with Gasteiger partial charge in [0.05, 0.1) is 0 Å². The third-order valence-corrected chi connectivity index (χ3v) is 1.59. The minimum absolute atomic E-state index is 0.525. The van der Waals surface area contributed by atoms with Crippen LogP contribution in [0.5, 0.6) is 0 Å². The van der Waals surface area contributed by atoms with Crippen molar-refractivity contribution >= 4 is 0 Å². The average molecular weight is 154 g/mol. The minimum atomic E-state index is -0.899. The molecule has 11 heavy (non-hydrogen) atoms. The third kappa shape index (κ3) is 2.37. The van der Waals surface area contributed by atoms with E-state index in [-0.39, 0.29) is 0 Å². The van der Waals surface area contributed by atoms with Crippen LogP contribution in [-0.4, -0.2) is 5.66 Å². The fraction of sp³-hybridized carbons (Fsp3) is 1.00. The highest BCUT2D eigenvalue weighted by molar-refractivity contribution is 4.83. The summed E-state index contributed by atoms with van der Waals surface area (Å²) in [7, 11) is 0. The van der Waals surface area contributed by atoms with Gasteiger partial charge in [0.2, 0.25) is 0 Å². The molecular weight excluding hydrogens is 144 g/mol. The van der Waals surface area contributed by atoms with E-state index < -0.39 is 5.66 Å². The van der Waals surface area contributed by atoms with Crippen LogP contribution >= 0.6 is 0 Å². The normalized spacial score (nSPS) is 9.64. The van der Waals surface area contributed by atoms with Gasteiger partial charge in [0.15, 0.2) is 0 Å². The average Bonchev–Trinajstić information content (AvgIpc) is 2.04. The summed E-state index contributed by atoms with van der Waals surface area (Å²) in [6, 6.07) is 0. The Bertz CT molecular complexity index is 185. The number of azide groups is 1. The number of hydrogen-bond donors (Lipinski definition) is 0. The molecule has 0 unspecified atom stereocenters. The van der Waals surface area contributed by atoms with E-state index in [2.05, 4.69) is 20.1 Å². The van der Waals surface area contributed by atoms with Crippen LogP contribution in [0.2, 0.25) is 0 Å². The molecule has 0 aromatic rings. The summed E-state index contributed by atoms with van der Waals surface area (Å²) < 4.78 is 0. The van der Waals surface area contributed by atoms with Crippen molar-refractivity contribution in [3.05, 3.63) is 20.9 Å². The molecule has 0 spiro atoms. The first-order valence-corrected chi connectivity index (χ1v) is 3.37. The van der Waals surface area contributed by atoms with Crippen LogP contribution in [0.25, 0.3) is 20.9 Å². The molecule has 0 N–H and O–H groups in total. The molecule has 0 aliphatic carbocycles. The zero-order valence-corrected chi connectivity index (χ0v) is 6.60. The van der Waals surface area contributed by atoms with E-state index in [1.54, 1.807) is 0 Å². The number of hydrogen-bond acceptors (Lipinski definition) is 2. The van der Waals surface area contributed by atoms with E-state index in [0.29, 0.717) is 12.8 Å². The number of nitrogens with zero attached hydrogens (tertiary/aromatic N) is 6. The summed E-state index contributed by atoms with van der Waals surface area (Å²) in [6.07, 6.45) is 1.05. The Morgan fingerprint density at radius 3 is 1.64 bits per heavy atom. The minimum Gasteiger partial charge on any atom is -0.0813 e. The maximum atomic E-state index is 8.17. The first-order valence-electron chi connectivity index (χ1n) is 3.37. The van der Waals surface area contributed by atoms with Gasteiger partial charge in [-0.15, -0.1) is 0 Å². The third-order valence-electron chi connectivity index (χ3n) is 1.59. The lowest BCUT2D eigenvalue weighted by Gasteiger charge is -2.17. The van der Waals surface area contributed by atoms with E-state index in [1.165, 1.54) is 0 Å². The number of rotatable bonds is 4. The quantitative estimate of drug-likeness (QED) is 0.337. The van der Waals surface area contributed by atoms with Crippen LogP contribution in [0.4, 0.5) is 0 Å². The molecule has 0 heterocycles. The summed E-state index contributed by atoms with van der Waals surface area (Å²) >= 11 is 0. The summed E-state index contributed by atoms with van der Waals surface area (Å²) in [5.74, 6) is 0. The van der Waals surface area contributed by atoms with Gasteiger partial charge in [-0.2, -0.15) is 0 Å². The van der Waals surface area contributed by atoms with E-state index >= 15 is 0 Å². The molecule has 6 heteroatoms. The molecule has 0 aliphatic heterocycles. The largest absolute Gasteiger partial charge is 0.126 e. The monoisotopic (exact) mass is 154 g/mol. The maximum Gasteiger partial charge on any atom is 0.126 e. The molecule has 0 saturated carbocycles. The first-order chi connectivity index (χ1) is 5.24. The van der Waals surface area contributed by atoms with Gasteiger partial charge >= 0.3 is 0 Å². The van der Waals surface area contributed by atoms with Crippen molar-refractivity contribution in [2.75, 3.05) is 0 Å². The van der Waals surface area contributed by atoms with Gasteiger partial charge < -0.3 is 0 Å². The lowest BCUT2D eigenvalue weighted by atomic mass is 10.1. The Hall–Kier alpha value is -1.38. The molecule has 6 nitrogen and oxygen atoms in total. The molecule has 0 amide bonds. The van der Waals surface area contributed by atoms with E-state index in [1.807, 2.05) is 13.8 Å². The van der Waals surface area contributed by atoms with Crippen LogP contribution in [0.3, 0.4) is 0 Å². The fourth-order valence-corrected chi connectivity index (χ4v) is 0.719. The molecule has 0 aliphatic rings. The highest BCUT2D eigenvalue weighted by Crippen LogP contribution is 2.22. The zero-order chi connectivity index (χ0) is 8.74. The van der Waals surface area contributed by atoms with Gasteiger partial charge in [0.25, 0.3) is 0 Å². The van der Waals surface area contributed by atoms with E-state index in [0.717, 1.165) is 0 Å². The van der Waals surface area contributed by atoms with E-state index in [9.17, 15) is 0 Å². The maximum absolute atomic E-state index is 8.17. The van der Waals surface area contributed by atoms with Crippen molar-refractivity contribution in [3.8, 4) is 0 Å². The Balaban J connectivity index is 4.72. The lowest BCUT2D eigenvalue weighted by Crippen LogP contribution is -2.19. The Kier molecular flexibility index (Phi) is 3.88. The summed E-state index contributed by atoms with van der Waals surface area (Å²) in [4.78, 5) is 5.26. The molecule has 0 rings (SSSR count). The summed E-state index contributed by atoms with van der Waals surface area (Å²) in [6.45, 7) is 3.62. The van der Waals surface area contributed by atoms with Crippen LogP contribution in [0.15, 0.2) is 10.2 Å². The van der Waals surface area contributed by atoms with Crippen molar-refractivity contribution in [3.63, 3.8) is 0 Å². The van der Waals surface area contributed by atoms with Crippen LogP contribution in [0.1, 0.15) is 26.7 Å². The predicted molar refractivity (Wildman–Crippen MR) is 41.6 cm³/mol. The van der Waals surface area contributed by atoms with Gasteiger partial charge in [-0.25, -0.2) is 0 Å². The van der Waals surface area contributed by atoms with Crippen molar-refractivity contribution in [2.24, 2.45) is 10.2 Å². The second-order valence-electron chi connectivity index (χ2n) is 2.07. The molecular formula is C5H10N6. The van der Waals surface area contributed by atoms with Crippen molar-refractivity contribution in [2.45, 2.75) is 32.4 Å². The van der Waals surface area contributed by atoms with Gasteiger partial charge in [0.1, 0.15) is 5.66 Å². The molecule has 0 fully saturated rings. The Labute approximate surface area is 64.5 Å². The molecule has 0 aromatic heterocycles. The van der Waals surface area contributed by atoms with Crippen molar-refractivity contribution < 1.29 is 0 Å². The van der Waals surface area contributed by atoms with Gasteiger partial charge in [0, 0.05) is 9.82 Å². The highest BCUT2D eigenvalue weighted by atomic mass is 15.3. The summed E-state index contributed by atoms with van der Waals surface area (Å²) in [5.41, 5.74) is 15.4. The van der Waals surface area contributed by atoms with Gasteiger partial charge in [-0.05, 0) is 23.9 Å². The van der Waals surface area contributed by atoms with E-state index in [4.69, 9.17) is 11.1 Å². The molecule has 0 aromatic carbocycles. The van der Waals surface area contributed by atoms with Gasteiger partial charge in [-0.3, -0.25) is 0 Å². The second kappa shape index (κ2) is 4.44. The van der Waals surface area contributed by atoms with Crippen LogP contribution in [-0.2, 0) is 0 Å². The van der Waals surface area contributed by atoms with Crippen LogP contribution in [0, 0.1) is 0 Å². The molecule has 0 radical (unpaired) electrons. The topological polar surface area (TPSA) is 97.5 Å². The Morgan fingerprint density at radius 1 is 1.09 bits per heavy atom. The van der Waals surface area contributed by atoms with Crippen molar-refractivity contribution in [1.82, 2.24) is 0 Å². The summed E-state index contributed by atoms with van der Waals surface area (Å²) in [5, 5.41) is 6.88. The van der Waals surface area contributed by atoms with Gasteiger partial charge in [-0.1, -0.05) is 24.1 Å². The molecule has 0 atom stereocenters. The fourth-order valence-electron chi connectivity index (χ4n) is 0.719. The Morgan fingerprint density at radius 2 is 1.45 bits per heavy atom. The standard InChI is InChI=1S/C5H10N6/c1-3-5(4-2,8-10-6)9-11-7/h3-4H2,1-2H3. The lowest BCUT2D eigenvalue weighted by molar-refractivity contribution is 0.409. The van der Waals surface area contributed by atoms with Crippen molar-refractivity contribution in [1.29, 1.82) is 0 Å².